The van der Waals surface area contributed by atoms with Crippen LogP contribution in [0.25, 0.3) is 0 Å². The fourth-order valence-electron chi connectivity index (χ4n) is 1.47. The molecule has 0 spiro atoms. The average Bonchev–Trinajstić information content (AvgIpc) is 2.35. The summed E-state index contributed by atoms with van der Waals surface area (Å²) in [5, 5.41) is 3.32. The van der Waals surface area contributed by atoms with Gasteiger partial charge in [0.25, 0.3) is 0 Å². The second-order valence-electron chi connectivity index (χ2n) is 3.25. The molecule has 0 aromatic rings. The zero-order valence-electron chi connectivity index (χ0n) is 6.85. The van der Waals surface area contributed by atoms with E-state index in [0.717, 1.165) is 19.6 Å². The molecule has 1 aliphatic rings. The van der Waals surface area contributed by atoms with Crippen LogP contribution in [0.1, 0.15) is 6.42 Å². The number of rotatable bonds is 2. The third kappa shape index (κ3) is 1.17. The smallest absolute Gasteiger partial charge is 0.0462 e. The van der Waals surface area contributed by atoms with Crippen LogP contribution in [-0.4, -0.2) is 44.2 Å². The van der Waals surface area contributed by atoms with Crippen LogP contribution in [0.5, 0.6) is 0 Å². The van der Waals surface area contributed by atoms with Gasteiger partial charge in [0.15, 0.2) is 0 Å². The Balaban J connectivity index is 2.58. The molecule has 0 aliphatic carbocycles. The molecule has 0 aromatic heterocycles. The molecular weight excluding hydrogens is 126 g/mol. The lowest BCUT2D eigenvalue weighted by Crippen LogP contribution is -2.51. The maximum absolute atomic E-state index is 5.69. The summed E-state index contributed by atoms with van der Waals surface area (Å²) in [7, 11) is 4.19. The van der Waals surface area contributed by atoms with Gasteiger partial charge in [-0.05, 0) is 27.1 Å². The van der Waals surface area contributed by atoms with Crippen molar-refractivity contribution >= 4 is 0 Å². The first-order valence-corrected chi connectivity index (χ1v) is 3.79. The SMILES string of the molecule is CN(C)C1(CN)CCNC1. The monoisotopic (exact) mass is 143 g/mol. The molecule has 1 saturated heterocycles. The van der Waals surface area contributed by atoms with Crippen LogP contribution >= 0.6 is 0 Å². The maximum Gasteiger partial charge on any atom is 0.0462 e. The zero-order chi connectivity index (χ0) is 7.61. The molecule has 3 heteroatoms. The summed E-state index contributed by atoms with van der Waals surface area (Å²) in [5.74, 6) is 0. The minimum atomic E-state index is 0.236. The van der Waals surface area contributed by atoms with Crippen molar-refractivity contribution in [1.29, 1.82) is 0 Å². The third-order valence-corrected chi connectivity index (χ3v) is 2.55. The molecule has 0 radical (unpaired) electrons. The van der Waals surface area contributed by atoms with Crippen molar-refractivity contribution in [3.63, 3.8) is 0 Å². The topological polar surface area (TPSA) is 41.3 Å². The van der Waals surface area contributed by atoms with Crippen LogP contribution in [-0.2, 0) is 0 Å². The van der Waals surface area contributed by atoms with E-state index in [1.807, 2.05) is 0 Å². The zero-order valence-corrected chi connectivity index (χ0v) is 6.85. The van der Waals surface area contributed by atoms with Gasteiger partial charge in [0.1, 0.15) is 0 Å². The van der Waals surface area contributed by atoms with Crippen molar-refractivity contribution < 1.29 is 0 Å². The van der Waals surface area contributed by atoms with Crippen molar-refractivity contribution in [3.05, 3.63) is 0 Å². The Bertz CT molecular complexity index is 105. The first-order valence-electron chi connectivity index (χ1n) is 3.79. The van der Waals surface area contributed by atoms with Crippen molar-refractivity contribution in [2.24, 2.45) is 5.73 Å². The fraction of sp³-hybridized carbons (Fsp3) is 1.00. The van der Waals surface area contributed by atoms with Crippen molar-refractivity contribution in [1.82, 2.24) is 10.2 Å². The molecule has 10 heavy (non-hydrogen) atoms. The van der Waals surface area contributed by atoms with Crippen LogP contribution in [0.3, 0.4) is 0 Å². The molecule has 1 aliphatic heterocycles. The van der Waals surface area contributed by atoms with Gasteiger partial charge in [-0.2, -0.15) is 0 Å². The fourth-order valence-corrected chi connectivity index (χ4v) is 1.47. The Morgan fingerprint density at radius 3 is 2.50 bits per heavy atom. The number of nitrogens with two attached hydrogens (primary N) is 1. The van der Waals surface area contributed by atoms with Gasteiger partial charge in [-0.25, -0.2) is 0 Å². The summed E-state index contributed by atoms with van der Waals surface area (Å²) in [6.07, 6.45) is 1.18. The van der Waals surface area contributed by atoms with Gasteiger partial charge < -0.3 is 16.0 Å². The van der Waals surface area contributed by atoms with E-state index in [2.05, 4.69) is 24.3 Å². The van der Waals surface area contributed by atoms with Crippen LogP contribution in [0.4, 0.5) is 0 Å². The van der Waals surface area contributed by atoms with E-state index in [4.69, 9.17) is 5.73 Å². The number of likely N-dealkylation sites (N-methyl/N-ethyl adjacent to an activating group) is 1. The molecule has 3 N–H and O–H groups in total. The van der Waals surface area contributed by atoms with E-state index >= 15 is 0 Å². The van der Waals surface area contributed by atoms with E-state index in [0.29, 0.717) is 0 Å². The summed E-state index contributed by atoms with van der Waals surface area (Å²) in [5.41, 5.74) is 5.92. The van der Waals surface area contributed by atoms with Gasteiger partial charge in [0, 0.05) is 18.6 Å². The quantitative estimate of drug-likeness (QED) is 0.534. The van der Waals surface area contributed by atoms with Gasteiger partial charge in [0.2, 0.25) is 0 Å². The van der Waals surface area contributed by atoms with Gasteiger partial charge in [0.05, 0.1) is 0 Å². The molecule has 0 bridgehead atoms. The molecule has 60 valence electrons. The lowest BCUT2D eigenvalue weighted by Gasteiger charge is -2.34. The van der Waals surface area contributed by atoms with Crippen molar-refractivity contribution in [2.75, 3.05) is 33.7 Å². The molecule has 0 saturated carbocycles. The Hall–Kier alpha value is -0.120. The van der Waals surface area contributed by atoms with Crippen molar-refractivity contribution in [3.8, 4) is 0 Å². The number of nitrogens with zero attached hydrogens (tertiary/aromatic N) is 1. The maximum atomic E-state index is 5.69. The van der Waals surface area contributed by atoms with Gasteiger partial charge >= 0.3 is 0 Å². The van der Waals surface area contributed by atoms with Gasteiger partial charge in [-0.3, -0.25) is 0 Å². The highest BCUT2D eigenvalue weighted by Gasteiger charge is 2.33. The second-order valence-corrected chi connectivity index (χ2v) is 3.25. The highest BCUT2D eigenvalue weighted by atomic mass is 15.2. The summed E-state index contributed by atoms with van der Waals surface area (Å²) >= 11 is 0. The van der Waals surface area contributed by atoms with Crippen LogP contribution in [0.15, 0.2) is 0 Å². The van der Waals surface area contributed by atoms with E-state index in [1.54, 1.807) is 0 Å². The van der Waals surface area contributed by atoms with E-state index in [9.17, 15) is 0 Å². The first kappa shape index (κ1) is 7.98. The predicted molar refractivity (Wildman–Crippen MR) is 43.0 cm³/mol. The molecule has 1 heterocycles. The minimum absolute atomic E-state index is 0.236. The second kappa shape index (κ2) is 2.86. The molecule has 1 rings (SSSR count). The molecule has 0 amide bonds. The van der Waals surface area contributed by atoms with Gasteiger partial charge in [-0.1, -0.05) is 0 Å². The lowest BCUT2D eigenvalue weighted by molar-refractivity contribution is 0.182. The normalized spacial score (nSPS) is 33.6. The highest BCUT2D eigenvalue weighted by Crippen LogP contribution is 2.18. The van der Waals surface area contributed by atoms with Crippen LogP contribution < -0.4 is 11.1 Å². The molecule has 0 aromatic carbocycles. The van der Waals surface area contributed by atoms with Gasteiger partial charge in [-0.15, -0.1) is 0 Å². The summed E-state index contributed by atoms with van der Waals surface area (Å²) in [4.78, 5) is 2.23. The summed E-state index contributed by atoms with van der Waals surface area (Å²) in [6.45, 7) is 2.90. The number of hydrogen-bond acceptors (Lipinski definition) is 3. The van der Waals surface area contributed by atoms with E-state index in [1.165, 1.54) is 6.42 Å². The minimum Gasteiger partial charge on any atom is -0.329 e. The van der Waals surface area contributed by atoms with Crippen LogP contribution in [0, 0.1) is 0 Å². The molecule has 3 nitrogen and oxygen atoms in total. The highest BCUT2D eigenvalue weighted by molar-refractivity contribution is 4.96. The Kier molecular flexibility index (Phi) is 2.28. The lowest BCUT2D eigenvalue weighted by atomic mass is 9.98. The largest absolute Gasteiger partial charge is 0.329 e. The van der Waals surface area contributed by atoms with E-state index in [-0.39, 0.29) is 5.54 Å². The van der Waals surface area contributed by atoms with Crippen LogP contribution in [0.2, 0.25) is 0 Å². The van der Waals surface area contributed by atoms with E-state index < -0.39 is 0 Å². The molecule has 1 fully saturated rings. The molecule has 1 unspecified atom stereocenters. The molecule has 1 atom stereocenters. The predicted octanol–water partition coefficient (Wildman–Crippen LogP) is -0.761. The number of nitrogens with one attached hydrogen (secondary N) is 1. The standard InChI is InChI=1S/C7H17N3/c1-10(2)7(5-8)3-4-9-6-7/h9H,3-6,8H2,1-2H3. The Labute approximate surface area is 62.6 Å². The Morgan fingerprint density at radius 1 is 1.60 bits per heavy atom. The average molecular weight is 143 g/mol. The number of hydrogen-bond donors (Lipinski definition) is 2. The Morgan fingerprint density at radius 2 is 2.30 bits per heavy atom. The summed E-state index contributed by atoms with van der Waals surface area (Å²) in [6, 6.07) is 0. The van der Waals surface area contributed by atoms with Crippen molar-refractivity contribution in [2.45, 2.75) is 12.0 Å². The third-order valence-electron chi connectivity index (χ3n) is 2.55. The molecular formula is C7H17N3. The first-order chi connectivity index (χ1) is 4.71. The summed E-state index contributed by atoms with van der Waals surface area (Å²) < 4.78 is 0.